The normalized spacial score (nSPS) is 11.3. The van der Waals surface area contributed by atoms with Crippen molar-refractivity contribution in [3.8, 4) is 11.5 Å². The Kier molecular flexibility index (Phi) is 4.72. The van der Waals surface area contributed by atoms with Crippen LogP contribution in [0.3, 0.4) is 0 Å². The number of hydrogen-bond donors (Lipinski definition) is 0. The lowest BCUT2D eigenvalue weighted by Gasteiger charge is -2.12. The van der Waals surface area contributed by atoms with E-state index in [1.165, 1.54) is 14.2 Å². The smallest absolute Gasteiger partial charge is 0.332 e. The predicted molar refractivity (Wildman–Crippen MR) is 61.5 cm³/mol. The van der Waals surface area contributed by atoms with Gasteiger partial charge in [-0.25, -0.2) is 0 Å². The van der Waals surface area contributed by atoms with Crippen LogP contribution in [0.4, 0.5) is 3.89 Å². The lowest BCUT2D eigenvalue weighted by molar-refractivity contribution is 0.0485. The van der Waals surface area contributed by atoms with Gasteiger partial charge in [0.1, 0.15) is 4.90 Å². The number of rotatable bonds is 5. The van der Waals surface area contributed by atoms with Crippen LogP contribution in [0.2, 0.25) is 0 Å². The summed E-state index contributed by atoms with van der Waals surface area (Å²) < 4.78 is 49.4. The minimum atomic E-state index is -4.79. The first-order valence-corrected chi connectivity index (χ1v) is 6.51. The van der Waals surface area contributed by atoms with Crippen LogP contribution in [0.5, 0.6) is 11.5 Å². The molecule has 8 heteroatoms. The molecule has 0 saturated heterocycles. The molecule has 0 N–H and O–H groups in total. The summed E-state index contributed by atoms with van der Waals surface area (Å²) in [7, 11) is -2.05. The van der Waals surface area contributed by atoms with Gasteiger partial charge in [-0.05, 0) is 22.0 Å². The van der Waals surface area contributed by atoms with Crippen molar-refractivity contribution in [3.05, 3.63) is 16.6 Å². The van der Waals surface area contributed by atoms with Crippen LogP contribution in [0.25, 0.3) is 0 Å². The van der Waals surface area contributed by atoms with Crippen LogP contribution in [-0.4, -0.2) is 29.4 Å². The molecule has 1 rings (SSSR count). The van der Waals surface area contributed by atoms with E-state index in [9.17, 15) is 12.3 Å². The zero-order valence-corrected chi connectivity index (χ0v) is 11.5. The summed E-state index contributed by atoms with van der Waals surface area (Å²) in [4.78, 5) is -0.508. The monoisotopic (exact) mass is 328 g/mol. The molecule has 17 heavy (non-hydrogen) atoms. The molecule has 0 aliphatic heterocycles. The van der Waals surface area contributed by atoms with Crippen molar-refractivity contribution in [2.75, 3.05) is 21.0 Å². The van der Waals surface area contributed by atoms with Gasteiger partial charge >= 0.3 is 10.2 Å². The highest BCUT2D eigenvalue weighted by Gasteiger charge is 2.19. The number of benzene rings is 1. The Balaban J connectivity index is 3.26. The second-order valence-corrected chi connectivity index (χ2v) is 5.13. The Morgan fingerprint density at radius 2 is 2.00 bits per heavy atom. The summed E-state index contributed by atoms with van der Waals surface area (Å²) >= 11 is 3.07. The van der Waals surface area contributed by atoms with Gasteiger partial charge in [0, 0.05) is 13.2 Å². The van der Waals surface area contributed by atoms with Crippen molar-refractivity contribution in [1.29, 1.82) is 0 Å². The van der Waals surface area contributed by atoms with Gasteiger partial charge in [0.25, 0.3) is 0 Å². The maximum atomic E-state index is 12.8. The van der Waals surface area contributed by atoms with E-state index in [0.717, 1.165) is 12.1 Å². The fourth-order valence-electron chi connectivity index (χ4n) is 1.09. The van der Waals surface area contributed by atoms with E-state index in [1.807, 2.05) is 0 Å². The second kappa shape index (κ2) is 5.65. The van der Waals surface area contributed by atoms with Gasteiger partial charge in [-0.15, -0.1) is 3.89 Å². The molecule has 0 aromatic heterocycles. The molecule has 0 amide bonds. The molecule has 0 unspecified atom stereocenters. The Bertz CT molecular complexity index is 502. The zero-order valence-electron chi connectivity index (χ0n) is 9.07. The Morgan fingerprint density at radius 3 is 2.47 bits per heavy atom. The standard InChI is InChI=1S/C9H10BrFO5S/c1-14-5-16-9-7(10)3-6(17(11,12)13)4-8(9)15-2/h3-4H,5H2,1-2H3. The molecule has 96 valence electrons. The van der Waals surface area contributed by atoms with Crippen LogP contribution < -0.4 is 9.47 Å². The molecule has 0 heterocycles. The van der Waals surface area contributed by atoms with E-state index < -0.39 is 15.1 Å². The van der Waals surface area contributed by atoms with Crippen LogP contribution in [0.1, 0.15) is 0 Å². The Hall–Kier alpha value is -0.860. The molecule has 0 bridgehead atoms. The molecule has 0 radical (unpaired) electrons. The van der Waals surface area contributed by atoms with Gasteiger partial charge in [0.05, 0.1) is 11.6 Å². The van der Waals surface area contributed by atoms with Crippen molar-refractivity contribution in [1.82, 2.24) is 0 Å². The van der Waals surface area contributed by atoms with Gasteiger partial charge in [-0.3, -0.25) is 0 Å². The third-order valence-electron chi connectivity index (χ3n) is 1.81. The Morgan fingerprint density at radius 1 is 1.35 bits per heavy atom. The number of methoxy groups -OCH3 is 2. The summed E-state index contributed by atoms with van der Waals surface area (Å²) in [5, 5.41) is 0. The first-order chi connectivity index (χ1) is 7.90. The number of ether oxygens (including phenoxy) is 3. The molecule has 0 spiro atoms. The summed E-state index contributed by atoms with van der Waals surface area (Å²) in [5.41, 5.74) is 0. The summed E-state index contributed by atoms with van der Waals surface area (Å²) in [6, 6.07) is 2.12. The molecule has 0 aliphatic carbocycles. The zero-order chi connectivity index (χ0) is 13.1. The third-order valence-corrected chi connectivity index (χ3v) is 3.19. The van der Waals surface area contributed by atoms with E-state index in [4.69, 9.17) is 14.2 Å². The quantitative estimate of drug-likeness (QED) is 0.612. The summed E-state index contributed by atoms with van der Waals surface area (Å²) in [5.74, 6) is 0.328. The fraction of sp³-hybridized carbons (Fsp3) is 0.333. The molecule has 5 nitrogen and oxygen atoms in total. The van der Waals surface area contributed by atoms with Crippen LogP contribution in [0, 0.1) is 0 Å². The van der Waals surface area contributed by atoms with Crippen molar-refractivity contribution < 1.29 is 26.5 Å². The first kappa shape index (κ1) is 14.2. The van der Waals surface area contributed by atoms with Crippen molar-refractivity contribution in [2.45, 2.75) is 4.90 Å². The third kappa shape index (κ3) is 3.55. The highest BCUT2D eigenvalue weighted by Crippen LogP contribution is 2.38. The molecule has 1 aromatic rings. The highest BCUT2D eigenvalue weighted by molar-refractivity contribution is 9.10. The summed E-state index contributed by atoms with van der Waals surface area (Å²) in [6.45, 7) is -0.0450. The lowest BCUT2D eigenvalue weighted by atomic mass is 10.3. The topological polar surface area (TPSA) is 61.8 Å². The SMILES string of the molecule is COCOc1c(Br)cc(S(=O)(=O)F)cc1OC. The minimum absolute atomic E-state index is 0.0450. The van der Waals surface area contributed by atoms with Gasteiger partial charge in [-0.2, -0.15) is 8.42 Å². The predicted octanol–water partition coefficient (Wildman–Crippen LogP) is 2.10. The average Bonchev–Trinajstić information content (AvgIpc) is 2.25. The lowest BCUT2D eigenvalue weighted by Crippen LogP contribution is -2.03. The Labute approximate surface area is 107 Å². The molecule has 0 fully saturated rings. The van der Waals surface area contributed by atoms with Crippen LogP contribution in [-0.2, 0) is 15.0 Å². The molecule has 0 saturated carbocycles. The van der Waals surface area contributed by atoms with Gasteiger partial charge < -0.3 is 14.2 Å². The average molecular weight is 329 g/mol. The van der Waals surface area contributed by atoms with E-state index in [0.29, 0.717) is 0 Å². The molecule has 0 atom stereocenters. The van der Waals surface area contributed by atoms with Crippen LogP contribution in [0.15, 0.2) is 21.5 Å². The van der Waals surface area contributed by atoms with Gasteiger partial charge in [0.15, 0.2) is 18.3 Å². The maximum Gasteiger partial charge on any atom is 0.332 e. The summed E-state index contributed by atoms with van der Waals surface area (Å²) in [6.07, 6.45) is 0. The van der Waals surface area contributed by atoms with Crippen LogP contribution >= 0.6 is 15.9 Å². The largest absolute Gasteiger partial charge is 0.493 e. The molecular formula is C9H10BrFO5S. The van der Waals surface area contributed by atoms with Crippen molar-refractivity contribution >= 4 is 26.2 Å². The van der Waals surface area contributed by atoms with E-state index in [2.05, 4.69) is 15.9 Å². The first-order valence-electron chi connectivity index (χ1n) is 4.34. The van der Waals surface area contributed by atoms with Crippen molar-refractivity contribution in [3.63, 3.8) is 0 Å². The maximum absolute atomic E-state index is 12.8. The number of halogens is 2. The van der Waals surface area contributed by atoms with E-state index in [1.54, 1.807) is 0 Å². The fourth-order valence-corrected chi connectivity index (χ4v) is 2.31. The van der Waals surface area contributed by atoms with Gasteiger partial charge in [-0.1, -0.05) is 0 Å². The molecule has 0 aliphatic rings. The van der Waals surface area contributed by atoms with E-state index in [-0.39, 0.29) is 22.8 Å². The number of hydrogen-bond acceptors (Lipinski definition) is 5. The van der Waals surface area contributed by atoms with Gasteiger partial charge in [0.2, 0.25) is 0 Å². The highest BCUT2D eigenvalue weighted by atomic mass is 79.9. The molecular weight excluding hydrogens is 319 g/mol. The molecule has 1 aromatic carbocycles. The second-order valence-electron chi connectivity index (χ2n) is 2.93. The minimum Gasteiger partial charge on any atom is -0.493 e. The van der Waals surface area contributed by atoms with E-state index >= 15 is 0 Å². The van der Waals surface area contributed by atoms with Crippen molar-refractivity contribution in [2.24, 2.45) is 0 Å².